The van der Waals surface area contributed by atoms with Gasteiger partial charge in [0.05, 0.1) is 12.6 Å². The van der Waals surface area contributed by atoms with Gasteiger partial charge in [-0.2, -0.15) is 0 Å². The van der Waals surface area contributed by atoms with E-state index in [1.165, 1.54) is 0 Å². The average Bonchev–Trinajstić information content (AvgIpc) is 2.99. The van der Waals surface area contributed by atoms with Crippen molar-refractivity contribution in [3.63, 3.8) is 0 Å². The highest BCUT2D eigenvalue weighted by Gasteiger charge is 2.51. The maximum Gasteiger partial charge on any atom is 0.407 e. The van der Waals surface area contributed by atoms with Crippen molar-refractivity contribution in [2.75, 3.05) is 13.2 Å². The number of rotatable bonds is 9. The zero-order valence-corrected chi connectivity index (χ0v) is 23.2. The summed E-state index contributed by atoms with van der Waals surface area (Å²) < 4.78 is 27.8. The molecule has 1 aromatic rings. The fourth-order valence-electron chi connectivity index (χ4n) is 5.33. The molecule has 1 aliphatic carbocycles. The molecule has 1 aromatic carbocycles. The third-order valence-electron chi connectivity index (χ3n) is 7.91. The highest BCUT2D eigenvalue weighted by Crippen LogP contribution is 2.31. The lowest BCUT2D eigenvalue weighted by molar-refractivity contribution is -0.332. The second kappa shape index (κ2) is 14.8. The van der Waals surface area contributed by atoms with Crippen molar-refractivity contribution in [1.29, 1.82) is 0 Å². The fraction of sp³-hybridized carbons (Fsp3) is 0.731. The second-order valence-electron chi connectivity index (χ2n) is 11.0. The first-order valence-electron chi connectivity index (χ1n) is 13.9. The Labute approximate surface area is 247 Å². The maximum absolute atomic E-state index is 12.2. The lowest BCUT2D eigenvalue weighted by Gasteiger charge is -2.48. The first kappa shape index (κ1) is 33.8. The van der Waals surface area contributed by atoms with Gasteiger partial charge in [-0.15, -0.1) is 0 Å². The van der Waals surface area contributed by atoms with Crippen LogP contribution in [-0.2, 0) is 30.3 Å². The number of amides is 1. The van der Waals surface area contributed by atoms with E-state index in [1.807, 2.05) is 6.07 Å². The molecule has 3 aliphatic rings. The Morgan fingerprint density at radius 1 is 0.791 bits per heavy atom. The first-order chi connectivity index (χ1) is 20.4. The third-order valence-corrected chi connectivity index (χ3v) is 7.91. The van der Waals surface area contributed by atoms with Gasteiger partial charge in [-0.25, -0.2) is 4.79 Å². The molecule has 3 fully saturated rings. The van der Waals surface area contributed by atoms with Crippen LogP contribution in [0, 0.1) is 0 Å². The van der Waals surface area contributed by atoms with E-state index >= 15 is 0 Å². The number of carbonyl (C=O) groups is 1. The van der Waals surface area contributed by atoms with Crippen molar-refractivity contribution in [3.05, 3.63) is 35.9 Å². The number of aliphatic hydroxyl groups excluding tert-OH is 7. The van der Waals surface area contributed by atoms with Crippen LogP contribution in [0.15, 0.2) is 30.3 Å². The Kier molecular flexibility index (Phi) is 11.6. The number of aliphatic hydroxyl groups is 7. The lowest BCUT2D eigenvalue weighted by atomic mass is 9.84. The molecule has 244 valence electrons. The van der Waals surface area contributed by atoms with Crippen LogP contribution in [0.4, 0.5) is 4.79 Å². The molecule has 15 atom stereocenters. The number of benzene rings is 1. The quantitative estimate of drug-likeness (QED) is 0.123. The van der Waals surface area contributed by atoms with Crippen molar-refractivity contribution in [2.45, 2.75) is 105 Å². The minimum atomic E-state index is -1.78. The maximum atomic E-state index is 12.2. The molecule has 0 spiro atoms. The van der Waals surface area contributed by atoms with Crippen molar-refractivity contribution < 1.29 is 64.2 Å². The summed E-state index contributed by atoms with van der Waals surface area (Å²) in [5.41, 5.74) is 19.0. The smallest absolute Gasteiger partial charge is 0.407 e. The summed E-state index contributed by atoms with van der Waals surface area (Å²) in [4.78, 5) is 12.2. The molecule has 0 bridgehead atoms. The molecular weight excluding hydrogens is 576 g/mol. The molecule has 43 heavy (non-hydrogen) atoms. The summed E-state index contributed by atoms with van der Waals surface area (Å²) in [5, 5.41) is 75.1. The van der Waals surface area contributed by atoms with Gasteiger partial charge in [0.15, 0.2) is 12.6 Å². The van der Waals surface area contributed by atoms with Crippen LogP contribution < -0.4 is 22.5 Å². The summed E-state index contributed by atoms with van der Waals surface area (Å²) in [6, 6.07) is 5.88. The Bertz CT molecular complexity index is 1030. The van der Waals surface area contributed by atoms with Gasteiger partial charge < -0.3 is 81.9 Å². The minimum Gasteiger partial charge on any atom is -0.445 e. The van der Waals surface area contributed by atoms with Gasteiger partial charge in [0, 0.05) is 18.6 Å². The van der Waals surface area contributed by atoms with Crippen molar-refractivity contribution in [2.24, 2.45) is 17.2 Å². The third kappa shape index (κ3) is 7.78. The van der Waals surface area contributed by atoms with E-state index in [0.29, 0.717) is 0 Å². The molecule has 0 aromatic heterocycles. The summed E-state index contributed by atoms with van der Waals surface area (Å²) in [5.74, 6) is 0. The number of alkyl carbamates (subject to hydrolysis) is 1. The van der Waals surface area contributed by atoms with Crippen LogP contribution in [-0.4, -0.2) is 147 Å². The van der Waals surface area contributed by atoms with E-state index in [1.54, 1.807) is 24.3 Å². The van der Waals surface area contributed by atoms with Crippen LogP contribution in [0.3, 0.4) is 0 Å². The van der Waals surface area contributed by atoms with Gasteiger partial charge in [-0.05, 0) is 12.0 Å². The Morgan fingerprint density at radius 2 is 1.37 bits per heavy atom. The summed E-state index contributed by atoms with van der Waals surface area (Å²) in [7, 11) is 0. The van der Waals surface area contributed by atoms with Crippen LogP contribution in [0.25, 0.3) is 0 Å². The van der Waals surface area contributed by atoms with Crippen LogP contribution in [0.1, 0.15) is 12.0 Å². The highest BCUT2D eigenvalue weighted by molar-refractivity contribution is 5.67. The van der Waals surface area contributed by atoms with E-state index in [0.717, 1.165) is 5.56 Å². The van der Waals surface area contributed by atoms with Crippen molar-refractivity contribution >= 4 is 6.09 Å². The Morgan fingerprint density at radius 3 is 1.98 bits per heavy atom. The van der Waals surface area contributed by atoms with Gasteiger partial charge in [-0.1, -0.05) is 30.3 Å². The number of nitrogens with two attached hydrogens (primary N) is 3. The van der Waals surface area contributed by atoms with Crippen LogP contribution >= 0.6 is 0 Å². The van der Waals surface area contributed by atoms with Gasteiger partial charge in [-0.3, -0.25) is 0 Å². The predicted octanol–water partition coefficient (Wildman–Crippen LogP) is -5.32. The molecule has 2 heterocycles. The van der Waals surface area contributed by atoms with Gasteiger partial charge in [0.25, 0.3) is 0 Å². The SMILES string of the molecule is NC1C(O)[C@@H](OC2C(O)[C@H](O[C@H]3OC(CNC(=O)OCc4ccccc4)[C@@H](O)C(O)C3O)C(N)C[C@H]2N)OC(CO)[C@H]1O. The Balaban J connectivity index is 1.37. The zero-order valence-electron chi connectivity index (χ0n) is 23.2. The standard InChI is InChI=1S/C26H42N4O13/c27-11-6-12(28)23(21(37)22(11)42-24-18(34)15(29)16(32)14(8-31)41-24)43-25-20(36)19(35)17(33)13(40-25)7-30-26(38)39-9-10-4-2-1-3-5-10/h1-5,11-25,31-37H,6-9,27-29H2,(H,30,38)/t11-,12?,13?,14?,15?,16-,17-,18?,19?,20?,21?,22?,23-,24-,25-/m1/s1. The van der Waals surface area contributed by atoms with E-state index < -0.39 is 104 Å². The molecular formula is C26H42N4O13. The van der Waals surface area contributed by atoms with Gasteiger partial charge in [0.2, 0.25) is 0 Å². The molecule has 17 heteroatoms. The van der Waals surface area contributed by atoms with Gasteiger partial charge in [0.1, 0.15) is 67.6 Å². The Hall–Kier alpha value is -2.07. The highest BCUT2D eigenvalue weighted by atomic mass is 16.7. The normalized spacial score (nSPS) is 43.6. The zero-order chi connectivity index (χ0) is 31.4. The van der Waals surface area contributed by atoms with Crippen molar-refractivity contribution in [3.8, 4) is 0 Å². The molecule has 1 saturated carbocycles. The predicted molar refractivity (Wildman–Crippen MR) is 143 cm³/mol. The number of hydrogen-bond donors (Lipinski definition) is 11. The first-order valence-corrected chi connectivity index (χ1v) is 13.9. The molecule has 2 aliphatic heterocycles. The lowest BCUT2D eigenvalue weighted by Crippen LogP contribution is -2.68. The number of carbonyl (C=O) groups excluding carboxylic acids is 1. The summed E-state index contributed by atoms with van der Waals surface area (Å²) in [6.07, 6.45) is -18.6. The van der Waals surface area contributed by atoms with Crippen LogP contribution in [0.5, 0.6) is 0 Å². The van der Waals surface area contributed by atoms with Crippen molar-refractivity contribution in [1.82, 2.24) is 5.32 Å². The fourth-order valence-corrected chi connectivity index (χ4v) is 5.33. The van der Waals surface area contributed by atoms with Crippen LogP contribution in [0.2, 0.25) is 0 Å². The minimum absolute atomic E-state index is 0.00719. The van der Waals surface area contributed by atoms with E-state index in [2.05, 4.69) is 5.32 Å². The monoisotopic (exact) mass is 618 g/mol. The summed E-state index contributed by atoms with van der Waals surface area (Å²) >= 11 is 0. The topological polar surface area (TPSA) is 295 Å². The van der Waals surface area contributed by atoms with E-state index in [9.17, 15) is 40.5 Å². The van der Waals surface area contributed by atoms with E-state index in [-0.39, 0.29) is 19.6 Å². The molecule has 17 nitrogen and oxygen atoms in total. The molecule has 4 rings (SSSR count). The number of ether oxygens (including phenoxy) is 5. The summed E-state index contributed by atoms with van der Waals surface area (Å²) in [6.45, 7) is -0.959. The average molecular weight is 619 g/mol. The molecule has 14 N–H and O–H groups in total. The van der Waals surface area contributed by atoms with Gasteiger partial charge >= 0.3 is 6.09 Å². The number of nitrogens with one attached hydrogen (secondary N) is 1. The molecule has 9 unspecified atom stereocenters. The molecule has 2 saturated heterocycles. The molecule has 1 amide bonds. The number of hydrogen-bond acceptors (Lipinski definition) is 16. The van der Waals surface area contributed by atoms with E-state index in [4.69, 9.17) is 40.9 Å². The largest absolute Gasteiger partial charge is 0.445 e. The molecule has 0 radical (unpaired) electrons. The second-order valence-corrected chi connectivity index (χ2v) is 11.0.